The van der Waals surface area contributed by atoms with Crippen molar-refractivity contribution in [2.45, 2.75) is 77.3 Å². The average molecular weight is 361 g/mol. The molecule has 1 fully saturated rings. The predicted octanol–water partition coefficient (Wildman–Crippen LogP) is 4.34. The molecular weight excluding hydrogens is 327 g/mol. The van der Waals surface area contributed by atoms with Crippen molar-refractivity contribution in [1.29, 1.82) is 0 Å². The maximum atomic E-state index is 13.2. The topological polar surface area (TPSA) is 55.0 Å². The van der Waals surface area contributed by atoms with Crippen molar-refractivity contribution in [3.8, 4) is 0 Å². The summed E-state index contributed by atoms with van der Waals surface area (Å²) in [7, 11) is 0. The molecule has 0 radical (unpaired) electrons. The van der Waals surface area contributed by atoms with Crippen molar-refractivity contribution in [3.05, 3.63) is 23.2 Å². The fourth-order valence-electron chi connectivity index (χ4n) is 3.96. The summed E-state index contributed by atoms with van der Waals surface area (Å²) in [5.74, 6) is 1.57. The van der Waals surface area contributed by atoms with Gasteiger partial charge in [-0.15, -0.1) is 0 Å². The van der Waals surface area contributed by atoms with Crippen LogP contribution in [0.3, 0.4) is 0 Å². The quantitative estimate of drug-likeness (QED) is 0.666. The van der Waals surface area contributed by atoms with E-state index in [9.17, 15) is 4.39 Å². The Hall–Kier alpha value is -1.49. The summed E-state index contributed by atoms with van der Waals surface area (Å²) in [6.45, 7) is 5.15. The van der Waals surface area contributed by atoms with E-state index in [1.54, 1.807) is 0 Å². The van der Waals surface area contributed by atoms with Crippen LogP contribution >= 0.6 is 0 Å². The fraction of sp³-hybridized carbons (Fsp3) is 0.714. The molecule has 0 aromatic carbocycles. The summed E-state index contributed by atoms with van der Waals surface area (Å²) in [4.78, 5) is 11.7. The minimum absolute atomic E-state index is 0.572. The second-order valence-electron chi connectivity index (χ2n) is 7.72. The number of rotatable bonds is 9. The third-order valence-electron chi connectivity index (χ3n) is 5.63. The van der Waals surface area contributed by atoms with E-state index in [1.165, 1.54) is 24.8 Å². The standard InChI is InChI=1S/C21H33FN4/c1-2-3-8-19-24-20-16(9-10-18(20)21(23)25-19)7-5-4-6-13-26-14-11-17(22)12-15-26/h9,17H,2-8,10-15H2,1H3,(H2,23,24,25). The van der Waals surface area contributed by atoms with Crippen LogP contribution in [0.4, 0.5) is 10.2 Å². The summed E-state index contributed by atoms with van der Waals surface area (Å²) in [6, 6.07) is 0. The predicted molar refractivity (Wildman–Crippen MR) is 106 cm³/mol. The SMILES string of the molecule is CCCCc1nc(N)c2c(n1)C(CCCCCN1CCC(F)CC1)=CC2. The first-order valence-electron chi connectivity index (χ1n) is 10.4. The van der Waals surface area contributed by atoms with Crippen molar-refractivity contribution in [1.82, 2.24) is 14.9 Å². The van der Waals surface area contributed by atoms with Gasteiger partial charge in [-0.05, 0) is 57.1 Å². The van der Waals surface area contributed by atoms with E-state index in [1.807, 2.05) is 0 Å². The van der Waals surface area contributed by atoms with E-state index in [4.69, 9.17) is 10.7 Å². The maximum absolute atomic E-state index is 13.2. The van der Waals surface area contributed by atoms with Gasteiger partial charge in [0.15, 0.2) is 0 Å². The van der Waals surface area contributed by atoms with Gasteiger partial charge >= 0.3 is 0 Å². The number of nitrogen functional groups attached to an aromatic ring is 1. The van der Waals surface area contributed by atoms with Crippen LogP contribution in [-0.2, 0) is 12.8 Å². The molecule has 3 rings (SSSR count). The molecule has 1 aromatic rings. The Labute approximate surface area is 157 Å². The molecule has 144 valence electrons. The third-order valence-corrected chi connectivity index (χ3v) is 5.63. The number of halogens is 1. The summed E-state index contributed by atoms with van der Waals surface area (Å²) in [6.07, 6.45) is 11.8. The molecule has 1 saturated heterocycles. The molecule has 4 nitrogen and oxygen atoms in total. The molecule has 26 heavy (non-hydrogen) atoms. The van der Waals surface area contributed by atoms with Crippen molar-refractivity contribution >= 4 is 11.4 Å². The number of hydrogen-bond acceptors (Lipinski definition) is 4. The van der Waals surface area contributed by atoms with Gasteiger partial charge in [0.1, 0.15) is 17.8 Å². The van der Waals surface area contributed by atoms with E-state index < -0.39 is 6.17 Å². The Kier molecular flexibility index (Phi) is 7.00. The highest BCUT2D eigenvalue weighted by Crippen LogP contribution is 2.32. The van der Waals surface area contributed by atoms with Crippen molar-refractivity contribution in [3.63, 3.8) is 0 Å². The second kappa shape index (κ2) is 9.45. The largest absolute Gasteiger partial charge is 0.383 e. The Morgan fingerprint density at radius 1 is 1.12 bits per heavy atom. The molecule has 0 saturated carbocycles. The number of hydrogen-bond donors (Lipinski definition) is 1. The van der Waals surface area contributed by atoms with Gasteiger partial charge in [0, 0.05) is 25.1 Å². The Bertz CT molecular complexity index is 621. The molecule has 1 aliphatic carbocycles. The van der Waals surface area contributed by atoms with Crippen LogP contribution in [0.5, 0.6) is 0 Å². The molecular formula is C21H33FN4. The van der Waals surface area contributed by atoms with E-state index in [0.29, 0.717) is 18.7 Å². The monoisotopic (exact) mass is 360 g/mol. The zero-order chi connectivity index (χ0) is 18.4. The lowest BCUT2D eigenvalue weighted by Gasteiger charge is -2.28. The number of piperidine rings is 1. The molecule has 0 unspecified atom stereocenters. The van der Waals surface area contributed by atoms with Crippen LogP contribution in [0, 0.1) is 0 Å². The minimum atomic E-state index is -0.572. The fourth-order valence-corrected chi connectivity index (χ4v) is 3.96. The van der Waals surface area contributed by atoms with Crippen molar-refractivity contribution in [2.75, 3.05) is 25.4 Å². The molecule has 1 aromatic heterocycles. The lowest BCUT2D eigenvalue weighted by Crippen LogP contribution is -2.35. The highest BCUT2D eigenvalue weighted by Gasteiger charge is 2.20. The lowest BCUT2D eigenvalue weighted by molar-refractivity contribution is 0.149. The van der Waals surface area contributed by atoms with Crippen LogP contribution in [-0.4, -0.2) is 40.7 Å². The van der Waals surface area contributed by atoms with Gasteiger partial charge in [0.05, 0.1) is 5.69 Å². The van der Waals surface area contributed by atoms with Crippen LogP contribution in [0.2, 0.25) is 0 Å². The number of unbranched alkanes of at least 4 members (excludes halogenated alkanes) is 3. The molecule has 0 atom stereocenters. The normalized spacial score (nSPS) is 18.2. The van der Waals surface area contributed by atoms with Gasteiger partial charge in [-0.2, -0.15) is 0 Å². The molecule has 0 bridgehead atoms. The Morgan fingerprint density at radius 2 is 1.92 bits per heavy atom. The van der Waals surface area contributed by atoms with Crippen molar-refractivity contribution < 1.29 is 4.39 Å². The molecule has 0 spiro atoms. The van der Waals surface area contributed by atoms with Crippen molar-refractivity contribution in [2.24, 2.45) is 0 Å². The highest BCUT2D eigenvalue weighted by molar-refractivity contribution is 5.73. The van der Waals surface area contributed by atoms with Crippen LogP contribution in [0.15, 0.2) is 6.08 Å². The Morgan fingerprint density at radius 3 is 2.69 bits per heavy atom. The first kappa shape index (κ1) is 19.3. The number of aromatic nitrogens is 2. The number of allylic oxidation sites excluding steroid dienone is 2. The number of nitrogens with two attached hydrogens (primary N) is 1. The minimum Gasteiger partial charge on any atom is -0.383 e. The van der Waals surface area contributed by atoms with Gasteiger partial charge in [-0.3, -0.25) is 0 Å². The summed E-state index contributed by atoms with van der Waals surface area (Å²) in [5, 5.41) is 0. The number of fused-ring (bicyclic) bond motifs is 1. The van der Waals surface area contributed by atoms with Gasteiger partial charge in [0.25, 0.3) is 0 Å². The molecule has 2 heterocycles. The second-order valence-corrected chi connectivity index (χ2v) is 7.72. The molecule has 2 aliphatic rings. The van der Waals surface area contributed by atoms with E-state index >= 15 is 0 Å². The zero-order valence-corrected chi connectivity index (χ0v) is 16.1. The zero-order valence-electron chi connectivity index (χ0n) is 16.1. The van der Waals surface area contributed by atoms with Gasteiger partial charge in [-0.25, -0.2) is 14.4 Å². The lowest BCUT2D eigenvalue weighted by atomic mass is 10.0. The number of nitrogens with zero attached hydrogens (tertiary/aromatic N) is 3. The number of anilines is 1. The number of alkyl halides is 1. The van der Waals surface area contributed by atoms with Crippen LogP contribution in [0.25, 0.3) is 5.57 Å². The van der Waals surface area contributed by atoms with Gasteiger partial charge in [-0.1, -0.05) is 25.8 Å². The number of likely N-dealkylation sites (tertiary alicyclic amines) is 1. The summed E-state index contributed by atoms with van der Waals surface area (Å²) < 4.78 is 13.2. The summed E-state index contributed by atoms with van der Waals surface area (Å²) >= 11 is 0. The van der Waals surface area contributed by atoms with Crippen LogP contribution < -0.4 is 5.73 Å². The molecule has 5 heteroatoms. The van der Waals surface area contributed by atoms with E-state index in [-0.39, 0.29) is 0 Å². The van der Waals surface area contributed by atoms with E-state index in [0.717, 1.165) is 68.8 Å². The molecule has 1 aliphatic heterocycles. The van der Waals surface area contributed by atoms with Gasteiger partial charge < -0.3 is 10.6 Å². The highest BCUT2D eigenvalue weighted by atomic mass is 19.1. The Balaban J connectivity index is 1.43. The number of aryl methyl sites for hydroxylation is 1. The maximum Gasteiger partial charge on any atom is 0.131 e. The first-order valence-corrected chi connectivity index (χ1v) is 10.4. The average Bonchev–Trinajstić information content (AvgIpc) is 3.05. The van der Waals surface area contributed by atoms with Gasteiger partial charge in [0.2, 0.25) is 0 Å². The molecule has 0 amide bonds. The first-order chi connectivity index (χ1) is 12.7. The van der Waals surface area contributed by atoms with E-state index in [2.05, 4.69) is 22.9 Å². The molecule has 2 N–H and O–H groups in total. The summed E-state index contributed by atoms with van der Waals surface area (Å²) in [5.41, 5.74) is 9.74. The third kappa shape index (κ3) is 5.03. The van der Waals surface area contributed by atoms with Crippen LogP contribution in [0.1, 0.15) is 75.4 Å². The smallest absolute Gasteiger partial charge is 0.131 e.